The number of thioether (sulfide) groups is 8. The fourth-order valence-electron chi connectivity index (χ4n) is 18.1. The van der Waals surface area contributed by atoms with Gasteiger partial charge in [0.05, 0.1) is 22.7 Å². The third-order valence-corrected chi connectivity index (χ3v) is 33.5. The smallest absolute Gasteiger partial charge is 0.266 e. The number of fused-ring (bicyclic) bond motifs is 7. The highest BCUT2D eigenvalue weighted by Gasteiger charge is 2.43. The van der Waals surface area contributed by atoms with Crippen LogP contribution in [-0.4, -0.2) is 89.9 Å². The molecule has 0 radical (unpaired) electrons. The Balaban J connectivity index is 0.679. The summed E-state index contributed by atoms with van der Waals surface area (Å²) in [6.45, 7) is 4.42. The molecule has 16 aromatic rings. The van der Waals surface area contributed by atoms with Gasteiger partial charge in [0.1, 0.15) is 5.57 Å². The van der Waals surface area contributed by atoms with Crippen molar-refractivity contribution < 1.29 is 9.59 Å². The van der Waals surface area contributed by atoms with Crippen LogP contribution >= 0.6 is 130 Å². The molecule has 1 aliphatic carbocycles. The largest absolute Gasteiger partial charge is 0.310 e. The number of rotatable bonds is 26. The Kier molecular flexibility index (Phi) is 26.6. The van der Waals surface area contributed by atoms with Crippen molar-refractivity contribution in [3.63, 3.8) is 0 Å². The Bertz CT molecular complexity index is 6280. The highest BCUT2D eigenvalue weighted by molar-refractivity contribution is 8.01. The van der Waals surface area contributed by atoms with Gasteiger partial charge in [0.15, 0.2) is 5.11 Å². The molecular weight excluding hydrogens is 1850 g/mol. The first-order valence-electron chi connectivity index (χ1n) is 43.9. The zero-order chi connectivity index (χ0) is 91.9. The summed E-state index contributed by atoms with van der Waals surface area (Å²) in [5.74, 6) is -0.808. The molecule has 1 fully saturated rings. The van der Waals surface area contributed by atoms with Gasteiger partial charge in [-0.1, -0.05) is 72.1 Å². The van der Waals surface area contributed by atoms with Crippen molar-refractivity contribution in [2.45, 2.75) is 72.6 Å². The molecule has 0 N–H and O–H groups in total. The zero-order valence-electron chi connectivity index (χ0n) is 75.3. The van der Waals surface area contributed by atoms with E-state index in [1.807, 2.05) is 13.8 Å². The van der Waals surface area contributed by atoms with Crippen molar-refractivity contribution in [3.05, 3.63) is 369 Å². The summed E-state index contributed by atoms with van der Waals surface area (Å²) in [5.41, 5.74) is 26.9. The number of amides is 2. The molecule has 3 aliphatic heterocycles. The van der Waals surface area contributed by atoms with E-state index in [2.05, 4.69) is 431 Å². The number of anilines is 18. The van der Waals surface area contributed by atoms with Crippen molar-refractivity contribution in [2.24, 2.45) is 0 Å². The third kappa shape index (κ3) is 17.4. The van der Waals surface area contributed by atoms with E-state index in [1.54, 1.807) is 127 Å². The molecule has 21 heteroatoms. The predicted molar refractivity (Wildman–Crippen MR) is 587 cm³/mol. The van der Waals surface area contributed by atoms with E-state index in [0.717, 1.165) is 166 Å². The predicted octanol–water partition coefficient (Wildman–Crippen LogP) is 34.3. The molecule has 0 spiro atoms. The van der Waals surface area contributed by atoms with E-state index in [4.69, 9.17) is 12.2 Å². The molecule has 4 aliphatic rings. The van der Waals surface area contributed by atoms with Gasteiger partial charge in [-0.2, -0.15) is 0 Å². The van der Waals surface area contributed by atoms with Gasteiger partial charge in [-0.15, -0.1) is 94.1 Å². The van der Waals surface area contributed by atoms with Gasteiger partial charge in [-0.25, -0.2) is 0 Å². The van der Waals surface area contributed by atoms with E-state index in [-0.39, 0.29) is 10.7 Å². The molecule has 0 aromatic heterocycles. The van der Waals surface area contributed by atoms with Crippen LogP contribution in [0.15, 0.2) is 416 Å². The molecule has 0 saturated carbocycles. The first-order valence-corrected chi connectivity index (χ1v) is 55.8. The monoisotopic (exact) mass is 1940 g/mol. The van der Waals surface area contributed by atoms with Gasteiger partial charge in [0.25, 0.3) is 11.8 Å². The van der Waals surface area contributed by atoms with Gasteiger partial charge in [-0.3, -0.25) is 19.4 Å². The van der Waals surface area contributed by atoms with Crippen LogP contribution in [0.3, 0.4) is 0 Å². The zero-order valence-corrected chi connectivity index (χ0v) is 84.3. The van der Waals surface area contributed by atoms with Crippen LogP contribution < -0.4 is 29.4 Å². The summed E-state index contributed by atoms with van der Waals surface area (Å²) in [6, 6.07) is 129. The number of likely N-dealkylation sites (N-methyl/N-ethyl adjacent to an activating group) is 2. The molecule has 10 nitrogen and oxygen atoms in total. The van der Waals surface area contributed by atoms with E-state index in [0.29, 0.717) is 18.7 Å². The van der Waals surface area contributed by atoms with Crippen LogP contribution in [0.2, 0.25) is 0 Å². The fourth-order valence-corrected chi connectivity index (χ4v) is 24.1. The highest BCUT2D eigenvalue weighted by atomic mass is 32.2. The maximum Gasteiger partial charge on any atom is 0.266 e. The molecule has 662 valence electrons. The summed E-state index contributed by atoms with van der Waals surface area (Å²) in [6.07, 6.45) is 17.0. The number of nitrogens with zero attached hydrogens (tertiary/aromatic N) is 8. The van der Waals surface area contributed by atoms with Gasteiger partial charge < -0.3 is 29.4 Å². The van der Waals surface area contributed by atoms with E-state index >= 15 is 9.59 Å². The first-order chi connectivity index (χ1) is 65.6. The lowest BCUT2D eigenvalue weighted by Gasteiger charge is -2.36. The van der Waals surface area contributed by atoms with E-state index in [1.165, 1.54) is 39.2 Å². The Morgan fingerprint density at radius 2 is 0.448 bits per heavy atom. The summed E-state index contributed by atoms with van der Waals surface area (Å²) in [5, 5.41) is 0.214. The molecular formula is C113H92N8O2S11. The minimum absolute atomic E-state index is 0.103. The molecule has 3 heterocycles. The maximum atomic E-state index is 15.5. The number of carbonyl (C=O) groups excluding carboxylic acids is 2. The second kappa shape index (κ2) is 39.5. The summed E-state index contributed by atoms with van der Waals surface area (Å²) in [7, 11) is 0. The molecule has 0 atom stereocenters. The first kappa shape index (κ1) is 90.4. The Morgan fingerprint density at radius 1 is 0.239 bits per heavy atom. The quantitative estimate of drug-likeness (QED) is 0.0223. The van der Waals surface area contributed by atoms with Crippen molar-refractivity contribution in [1.82, 2.24) is 9.80 Å². The molecule has 2 amide bonds. The molecule has 0 bridgehead atoms. The average Bonchev–Trinajstić information content (AvgIpc) is 1.55. The molecule has 20 rings (SSSR count). The number of hydrogen-bond donors (Lipinski definition) is 0. The highest BCUT2D eigenvalue weighted by Crippen LogP contribution is 2.59. The molecule has 1 saturated heterocycles. The fraction of sp³-hybridized carbons (Fsp3) is 0.106. The molecule has 16 aromatic carbocycles. The van der Waals surface area contributed by atoms with Crippen LogP contribution in [-0.2, 0) is 9.59 Å². The SMILES string of the molecule is CCN1C(=O)C(=C2c3cc(-c4ccc(N5c6ccc(N(c7ccc(SC)cc7)c7ccc(SC)cc7)cc6Sc6cc(N(c7ccc(SC)cc7)c7ccc(SC)cc7)ccc65)cc4)ccc3-c3ccc(-c4ccc(N5c6ccc(N(c7ccc(SC)cc7)c7ccc(SC)cc7)cc6Sc6cc(N(c7ccc(SC)cc7)c7ccc(SC)cc7)ccc65)cc4)cc32)C(=O)N(CC)C1=S. The van der Waals surface area contributed by atoms with E-state index in [9.17, 15) is 0 Å². The lowest BCUT2D eigenvalue weighted by molar-refractivity contribution is -0.133. The van der Waals surface area contributed by atoms with Gasteiger partial charge in [0, 0.05) is 157 Å². The lowest BCUT2D eigenvalue weighted by atomic mass is 9.91. The Hall–Kier alpha value is -11.4. The van der Waals surface area contributed by atoms with Crippen LogP contribution in [0.1, 0.15) is 25.0 Å². The summed E-state index contributed by atoms with van der Waals surface area (Å²) in [4.78, 5) is 62.4. The van der Waals surface area contributed by atoms with Crippen LogP contribution in [0.4, 0.5) is 102 Å². The Labute approximate surface area is 833 Å². The normalized spacial score (nSPS) is 13.0. The number of carbonyl (C=O) groups is 2. The number of hydrogen-bond acceptors (Lipinski definition) is 19. The van der Waals surface area contributed by atoms with Crippen molar-refractivity contribution in [1.29, 1.82) is 0 Å². The van der Waals surface area contributed by atoms with Crippen molar-refractivity contribution in [2.75, 3.05) is 92.5 Å². The Morgan fingerprint density at radius 3 is 0.657 bits per heavy atom. The second-order valence-corrected chi connectivity index (χ2v) is 41.7. The van der Waals surface area contributed by atoms with E-state index < -0.39 is 11.8 Å². The molecule has 134 heavy (non-hydrogen) atoms. The van der Waals surface area contributed by atoms with Crippen LogP contribution in [0, 0.1) is 0 Å². The van der Waals surface area contributed by atoms with Crippen molar-refractivity contribution >= 4 is 255 Å². The number of thiocarbonyl (C=S) groups is 1. The van der Waals surface area contributed by atoms with Crippen molar-refractivity contribution in [3.8, 4) is 33.4 Å². The minimum atomic E-state index is -0.404. The van der Waals surface area contributed by atoms with Crippen LogP contribution in [0.5, 0.6) is 0 Å². The summed E-state index contributed by atoms with van der Waals surface area (Å²) >= 11 is 23.5. The summed E-state index contributed by atoms with van der Waals surface area (Å²) < 4.78 is 0. The molecule has 0 unspecified atom stereocenters. The standard InChI is InChI=1S/C113H92N8O2S11/c1-11-114-111(122)110(112(123)115(12-2)113(114)124)109-99-65-73(71-13-19-83(20-14-71)120-101-61-39-85(116(75-23-43-89(125-3)44-24-75)76-25-45-90(126-4)46-26-76)67-105(101)133-106-68-86(40-62-102(106)120)117(77-27-47-91(127-5)48-28-77)78-29-49-92(128-6)50-30-78)17-59-97(99)98-60-18-74(66-100(98)109)72-15-21-84(22-16-72)121-103-63-41-87(118(79-31-51-93(129-7)52-32-79)80-33-53-94(130-8)54-34-80)69-107(103)134-108-70-88(42-64-104(108)121)119(81-35-55-95(131-9)56-36-81)82-37-57-96(132-10)58-38-82/h13-70H,11-12H2,1-10H3. The number of benzene rings is 16. The van der Waals surface area contributed by atoms with Gasteiger partial charge in [-0.05, 0) is 424 Å². The van der Waals surface area contributed by atoms with Gasteiger partial charge >= 0.3 is 0 Å². The van der Waals surface area contributed by atoms with Gasteiger partial charge in [0.2, 0.25) is 0 Å². The maximum absolute atomic E-state index is 15.5. The van der Waals surface area contributed by atoms with Crippen LogP contribution in [0.25, 0.3) is 39.0 Å². The third-order valence-electron chi connectivity index (χ3n) is 24.9. The topological polar surface area (TPSA) is 60.1 Å². The lowest BCUT2D eigenvalue weighted by Crippen LogP contribution is -2.56. The average molecular weight is 1950 g/mol. The minimum Gasteiger partial charge on any atom is -0.310 e. The second-order valence-electron chi connectivity index (χ2n) is 32.2.